The third-order valence-corrected chi connectivity index (χ3v) is 6.44. The standard InChI is InChI=1S/C19H25F3N4O4/c20-19(21,22)14-6-23-7-15(26-14)25-12-8-30-13(17(28)16(12)27)5-24-18(29)11-4-9-1-2-10(11)3-9/h6-7,9-13,16-17,27-28H,1-5,8H2,(H,24,29)(H,25,26)/t9-,10+,11?,12+,13-,16-,17+/m1/s1. The number of fused-ring (bicyclic) bond motifs is 2. The largest absolute Gasteiger partial charge is 0.434 e. The summed E-state index contributed by atoms with van der Waals surface area (Å²) in [7, 11) is 0. The van der Waals surface area contributed by atoms with Gasteiger partial charge in [-0.15, -0.1) is 0 Å². The van der Waals surface area contributed by atoms with Crippen LogP contribution in [0.1, 0.15) is 31.4 Å². The molecule has 1 aliphatic heterocycles. The van der Waals surface area contributed by atoms with Gasteiger partial charge in [-0.25, -0.2) is 4.98 Å². The summed E-state index contributed by atoms with van der Waals surface area (Å²) in [6.07, 6.45) is -2.14. The number of carbonyl (C=O) groups excluding carboxylic acids is 1. The molecule has 2 saturated carbocycles. The highest BCUT2D eigenvalue weighted by atomic mass is 19.4. The van der Waals surface area contributed by atoms with E-state index < -0.39 is 36.2 Å². The number of nitrogens with one attached hydrogen (secondary N) is 2. The van der Waals surface area contributed by atoms with E-state index in [0.717, 1.165) is 25.5 Å². The first-order valence-corrected chi connectivity index (χ1v) is 10.1. The van der Waals surface area contributed by atoms with Crippen LogP contribution in [0, 0.1) is 17.8 Å². The van der Waals surface area contributed by atoms with Crippen molar-refractivity contribution >= 4 is 11.7 Å². The molecule has 1 unspecified atom stereocenters. The van der Waals surface area contributed by atoms with Gasteiger partial charge < -0.3 is 25.6 Å². The van der Waals surface area contributed by atoms with Crippen LogP contribution in [0.4, 0.5) is 19.0 Å². The summed E-state index contributed by atoms with van der Waals surface area (Å²) in [5, 5.41) is 26.2. The predicted octanol–water partition coefficient (Wildman–Crippen LogP) is 0.949. The van der Waals surface area contributed by atoms with E-state index in [4.69, 9.17) is 4.74 Å². The Hall–Kier alpha value is -1.98. The van der Waals surface area contributed by atoms with Crippen molar-refractivity contribution in [3.8, 4) is 0 Å². The number of ether oxygens (including phenoxy) is 1. The third-order valence-electron chi connectivity index (χ3n) is 6.44. The van der Waals surface area contributed by atoms with Gasteiger partial charge in [0.2, 0.25) is 5.91 Å². The van der Waals surface area contributed by atoms with Crippen molar-refractivity contribution in [1.29, 1.82) is 0 Å². The SMILES string of the molecule is O=C(NC[C@H]1OC[C@H](Nc2cncc(C(F)(F)F)n2)[C@@H](O)[C@H]1O)C1C[C@@H]2CC[C@H]1C2. The number of aliphatic hydroxyl groups excluding tert-OH is 2. The number of aromatic nitrogens is 2. The normalized spacial score (nSPS) is 36.0. The van der Waals surface area contributed by atoms with E-state index in [0.29, 0.717) is 18.0 Å². The van der Waals surface area contributed by atoms with Gasteiger partial charge in [0.1, 0.15) is 24.1 Å². The van der Waals surface area contributed by atoms with Gasteiger partial charge in [-0.1, -0.05) is 6.42 Å². The maximum atomic E-state index is 12.8. The van der Waals surface area contributed by atoms with Gasteiger partial charge in [-0.05, 0) is 31.1 Å². The van der Waals surface area contributed by atoms with Crippen molar-refractivity contribution in [2.45, 2.75) is 56.2 Å². The van der Waals surface area contributed by atoms with Crippen LogP contribution >= 0.6 is 0 Å². The molecule has 166 valence electrons. The highest BCUT2D eigenvalue weighted by molar-refractivity contribution is 5.79. The van der Waals surface area contributed by atoms with Crippen molar-refractivity contribution in [2.24, 2.45) is 17.8 Å². The van der Waals surface area contributed by atoms with Gasteiger partial charge in [0.25, 0.3) is 0 Å². The molecule has 30 heavy (non-hydrogen) atoms. The van der Waals surface area contributed by atoms with E-state index in [-0.39, 0.29) is 30.8 Å². The lowest BCUT2D eigenvalue weighted by Gasteiger charge is -2.38. The molecule has 0 radical (unpaired) electrons. The molecule has 1 amide bonds. The van der Waals surface area contributed by atoms with Gasteiger partial charge in [-0.2, -0.15) is 13.2 Å². The number of halogens is 3. The highest BCUT2D eigenvalue weighted by Gasteiger charge is 2.44. The second-order valence-electron chi connectivity index (χ2n) is 8.42. The molecular weight excluding hydrogens is 405 g/mol. The predicted molar refractivity (Wildman–Crippen MR) is 98.1 cm³/mol. The molecule has 1 aromatic heterocycles. The monoisotopic (exact) mass is 430 g/mol. The van der Waals surface area contributed by atoms with Gasteiger partial charge in [0.05, 0.1) is 25.0 Å². The number of alkyl halides is 3. The summed E-state index contributed by atoms with van der Waals surface area (Å²) < 4.78 is 43.9. The number of hydrogen-bond acceptors (Lipinski definition) is 7. The zero-order valence-corrected chi connectivity index (χ0v) is 16.2. The highest BCUT2D eigenvalue weighted by Crippen LogP contribution is 2.48. The average molecular weight is 430 g/mol. The average Bonchev–Trinajstić information content (AvgIpc) is 3.34. The molecular formula is C19H25F3N4O4. The second-order valence-corrected chi connectivity index (χ2v) is 8.42. The van der Waals surface area contributed by atoms with Crippen LogP contribution in [0.2, 0.25) is 0 Å². The Morgan fingerprint density at radius 2 is 2.00 bits per heavy atom. The lowest BCUT2D eigenvalue weighted by molar-refractivity contribution is -0.144. The Bertz CT molecular complexity index is 780. The van der Waals surface area contributed by atoms with Crippen LogP contribution in [-0.4, -0.2) is 63.6 Å². The number of aliphatic hydroxyl groups is 2. The Morgan fingerprint density at radius 1 is 1.20 bits per heavy atom. The first kappa shape index (κ1) is 21.3. The maximum Gasteiger partial charge on any atom is 0.434 e. The van der Waals surface area contributed by atoms with Crippen molar-refractivity contribution in [2.75, 3.05) is 18.5 Å². The van der Waals surface area contributed by atoms with Crippen LogP contribution in [0.15, 0.2) is 12.4 Å². The van der Waals surface area contributed by atoms with Crippen molar-refractivity contribution in [3.05, 3.63) is 18.1 Å². The van der Waals surface area contributed by atoms with Gasteiger partial charge >= 0.3 is 6.18 Å². The number of hydrogen-bond donors (Lipinski definition) is 4. The molecule has 4 N–H and O–H groups in total. The molecule has 0 aromatic carbocycles. The molecule has 11 heteroatoms. The minimum absolute atomic E-state index is 0.00306. The smallest absolute Gasteiger partial charge is 0.388 e. The summed E-state index contributed by atoms with van der Waals surface area (Å²) >= 11 is 0. The second kappa shape index (κ2) is 8.27. The topological polar surface area (TPSA) is 117 Å². The molecule has 0 spiro atoms. The van der Waals surface area contributed by atoms with E-state index in [2.05, 4.69) is 20.6 Å². The van der Waals surface area contributed by atoms with Crippen LogP contribution in [0.3, 0.4) is 0 Å². The molecule has 8 nitrogen and oxygen atoms in total. The molecule has 4 rings (SSSR count). The van der Waals surface area contributed by atoms with E-state index in [1.54, 1.807) is 0 Å². The van der Waals surface area contributed by atoms with Crippen LogP contribution in [0.5, 0.6) is 0 Å². The molecule has 2 aliphatic carbocycles. The molecule has 1 saturated heterocycles. The first-order valence-electron chi connectivity index (χ1n) is 10.1. The Balaban J connectivity index is 1.30. The molecule has 1 aromatic rings. The first-order chi connectivity index (χ1) is 14.2. The van der Waals surface area contributed by atoms with Gasteiger partial charge in [-0.3, -0.25) is 9.78 Å². The van der Waals surface area contributed by atoms with E-state index >= 15 is 0 Å². The zero-order chi connectivity index (χ0) is 21.5. The summed E-state index contributed by atoms with van der Waals surface area (Å²) in [5.41, 5.74) is -1.17. The van der Waals surface area contributed by atoms with Crippen LogP contribution < -0.4 is 10.6 Å². The summed E-state index contributed by atoms with van der Waals surface area (Å²) in [5.74, 6) is 0.831. The molecule has 3 fully saturated rings. The van der Waals surface area contributed by atoms with Crippen molar-refractivity contribution < 1.29 is 32.9 Å². The summed E-state index contributed by atoms with van der Waals surface area (Å²) in [6, 6.07) is -0.879. The van der Waals surface area contributed by atoms with E-state index in [9.17, 15) is 28.2 Å². The maximum absolute atomic E-state index is 12.8. The number of amides is 1. The summed E-state index contributed by atoms with van der Waals surface area (Å²) in [4.78, 5) is 19.4. The van der Waals surface area contributed by atoms with Crippen molar-refractivity contribution in [1.82, 2.24) is 15.3 Å². The van der Waals surface area contributed by atoms with Gasteiger partial charge in [0.15, 0.2) is 5.69 Å². The van der Waals surface area contributed by atoms with Crippen LogP contribution in [-0.2, 0) is 15.7 Å². The number of nitrogens with zero attached hydrogens (tertiary/aromatic N) is 2. The molecule has 7 atom stereocenters. The fourth-order valence-corrected chi connectivity index (χ4v) is 4.85. The summed E-state index contributed by atoms with van der Waals surface area (Å²) in [6.45, 7) is -0.0220. The van der Waals surface area contributed by atoms with Gasteiger partial charge in [0, 0.05) is 12.5 Å². The number of rotatable bonds is 5. The number of carbonyl (C=O) groups is 1. The molecule has 2 heterocycles. The van der Waals surface area contributed by atoms with Crippen LogP contribution in [0.25, 0.3) is 0 Å². The Labute approximate surface area is 171 Å². The molecule has 2 bridgehead atoms. The quantitative estimate of drug-likeness (QED) is 0.550. The minimum Gasteiger partial charge on any atom is -0.388 e. The lowest BCUT2D eigenvalue weighted by Crippen LogP contribution is -2.58. The van der Waals surface area contributed by atoms with Crippen molar-refractivity contribution in [3.63, 3.8) is 0 Å². The number of anilines is 1. The van der Waals surface area contributed by atoms with E-state index in [1.165, 1.54) is 6.42 Å². The third kappa shape index (κ3) is 4.37. The molecule has 3 aliphatic rings. The lowest BCUT2D eigenvalue weighted by atomic mass is 9.88. The fraction of sp³-hybridized carbons (Fsp3) is 0.737. The Morgan fingerprint density at radius 3 is 2.67 bits per heavy atom. The zero-order valence-electron chi connectivity index (χ0n) is 16.2. The Kier molecular flexibility index (Phi) is 5.86. The fourth-order valence-electron chi connectivity index (χ4n) is 4.85. The minimum atomic E-state index is -4.64. The van der Waals surface area contributed by atoms with E-state index in [1.807, 2.05) is 0 Å².